The van der Waals surface area contributed by atoms with Crippen molar-refractivity contribution in [2.75, 3.05) is 20.8 Å². The number of hydrogen-bond acceptors (Lipinski definition) is 5. The summed E-state index contributed by atoms with van der Waals surface area (Å²) in [5, 5.41) is 0.536. The highest BCUT2D eigenvalue weighted by Gasteiger charge is 2.25. The van der Waals surface area contributed by atoms with Crippen molar-refractivity contribution in [2.24, 2.45) is 0 Å². The number of nitrogens with zero attached hydrogens (tertiary/aromatic N) is 1. The lowest BCUT2D eigenvalue weighted by Crippen LogP contribution is -2.35. The monoisotopic (exact) mass is 437 g/mol. The number of carbonyl (C=O) groups excluding carboxylic acids is 1. The number of carbonyl (C=O) groups is 1. The minimum absolute atomic E-state index is 0.0985. The molecule has 3 aromatic rings. The summed E-state index contributed by atoms with van der Waals surface area (Å²) in [6, 6.07) is 15.8. The predicted molar refractivity (Wildman–Crippen MR) is 123 cm³/mol. The Hall–Kier alpha value is -2.86. The molecule has 1 aliphatic heterocycles. The van der Waals surface area contributed by atoms with Crippen LogP contribution in [0.2, 0.25) is 0 Å². The zero-order valence-corrected chi connectivity index (χ0v) is 19.1. The summed E-state index contributed by atoms with van der Waals surface area (Å²) in [6.45, 7) is 5.51. The summed E-state index contributed by atoms with van der Waals surface area (Å²) in [6.07, 6.45) is 0.768. The average Bonchev–Trinajstić information content (AvgIpc) is 3.27. The first kappa shape index (κ1) is 21.4. The quantitative estimate of drug-likeness (QED) is 0.466. The van der Waals surface area contributed by atoms with Crippen molar-refractivity contribution in [3.05, 3.63) is 65.4 Å². The zero-order valence-electron chi connectivity index (χ0n) is 18.3. The van der Waals surface area contributed by atoms with Crippen LogP contribution in [0, 0.1) is 0 Å². The largest absolute Gasteiger partial charge is 0.493 e. The second-order valence-electron chi connectivity index (χ2n) is 7.81. The maximum Gasteiger partial charge on any atom is 0.289 e. The summed E-state index contributed by atoms with van der Waals surface area (Å²) >= 11 is 1.82. The average molecular weight is 438 g/mol. The van der Waals surface area contributed by atoms with E-state index >= 15 is 0 Å². The molecule has 0 spiro atoms. The van der Waals surface area contributed by atoms with Crippen LogP contribution in [0.5, 0.6) is 11.5 Å². The zero-order chi connectivity index (χ0) is 22.0. The SMILES string of the molecule is COc1cc2c(cc1OC)CN(C(=O)c1ccc(-c3ccc(SC(C)C)cc3)o1)CC2. The van der Waals surface area contributed by atoms with Gasteiger partial charge in [-0.2, -0.15) is 0 Å². The van der Waals surface area contributed by atoms with E-state index in [4.69, 9.17) is 13.9 Å². The number of rotatable bonds is 6. The third kappa shape index (κ3) is 4.59. The molecule has 1 aromatic heterocycles. The summed E-state index contributed by atoms with van der Waals surface area (Å²) in [7, 11) is 3.25. The van der Waals surface area contributed by atoms with E-state index in [0.29, 0.717) is 35.6 Å². The van der Waals surface area contributed by atoms with Gasteiger partial charge >= 0.3 is 0 Å². The van der Waals surface area contributed by atoms with E-state index in [1.807, 2.05) is 47.0 Å². The Morgan fingerprint density at radius 2 is 1.68 bits per heavy atom. The normalized spacial score (nSPS) is 13.3. The molecule has 0 radical (unpaired) electrons. The Kier molecular flexibility index (Phi) is 6.28. The highest BCUT2D eigenvalue weighted by Crippen LogP contribution is 2.34. The number of methoxy groups -OCH3 is 2. The molecule has 0 saturated carbocycles. The number of benzene rings is 2. The molecule has 31 heavy (non-hydrogen) atoms. The van der Waals surface area contributed by atoms with Crippen molar-refractivity contribution in [2.45, 2.75) is 37.0 Å². The lowest BCUT2D eigenvalue weighted by Gasteiger charge is -2.29. The van der Waals surface area contributed by atoms with Crippen molar-refractivity contribution in [1.29, 1.82) is 0 Å². The van der Waals surface area contributed by atoms with Gasteiger partial charge in [-0.1, -0.05) is 26.0 Å². The molecule has 0 aliphatic carbocycles. The molecule has 5 nitrogen and oxygen atoms in total. The predicted octanol–water partition coefficient (Wildman–Crippen LogP) is 5.66. The van der Waals surface area contributed by atoms with E-state index in [-0.39, 0.29) is 5.91 Å². The molecule has 2 aromatic carbocycles. The Balaban J connectivity index is 1.49. The van der Waals surface area contributed by atoms with E-state index < -0.39 is 0 Å². The number of hydrogen-bond donors (Lipinski definition) is 0. The molecule has 1 aliphatic rings. The van der Waals surface area contributed by atoms with Crippen molar-refractivity contribution in [3.63, 3.8) is 0 Å². The molecule has 0 fully saturated rings. The van der Waals surface area contributed by atoms with Gasteiger partial charge in [0.05, 0.1) is 14.2 Å². The van der Waals surface area contributed by atoms with Crippen LogP contribution in [-0.4, -0.2) is 36.8 Å². The number of furan rings is 1. The maximum absolute atomic E-state index is 13.1. The molecule has 4 rings (SSSR count). The Morgan fingerprint density at radius 1 is 1.00 bits per heavy atom. The standard InChI is InChI=1S/C25H27NO4S/c1-16(2)31-20-7-5-17(6-8-20)21-9-10-22(30-21)25(27)26-12-11-18-13-23(28-3)24(29-4)14-19(18)15-26/h5-10,13-14,16H,11-12,15H2,1-4H3. The fourth-order valence-corrected chi connectivity index (χ4v) is 4.63. The van der Waals surface area contributed by atoms with Gasteiger partial charge in [-0.15, -0.1) is 11.8 Å². The highest BCUT2D eigenvalue weighted by molar-refractivity contribution is 7.99. The van der Waals surface area contributed by atoms with Crippen molar-refractivity contribution in [1.82, 2.24) is 4.90 Å². The highest BCUT2D eigenvalue weighted by atomic mass is 32.2. The van der Waals surface area contributed by atoms with Gasteiger partial charge < -0.3 is 18.8 Å². The fraction of sp³-hybridized carbons (Fsp3) is 0.320. The molecule has 0 bridgehead atoms. The number of amides is 1. The number of thioether (sulfide) groups is 1. The molecule has 0 unspecified atom stereocenters. The van der Waals surface area contributed by atoms with Gasteiger partial charge in [0.15, 0.2) is 17.3 Å². The molecule has 0 saturated heterocycles. The Labute approximate surface area is 187 Å². The van der Waals surface area contributed by atoms with Crippen LogP contribution in [0.4, 0.5) is 0 Å². The first-order valence-electron chi connectivity index (χ1n) is 10.4. The van der Waals surface area contributed by atoms with Gasteiger partial charge in [0.2, 0.25) is 0 Å². The first-order chi connectivity index (χ1) is 15.0. The maximum atomic E-state index is 13.1. The van der Waals surface area contributed by atoms with Crippen LogP contribution in [0.3, 0.4) is 0 Å². The Bertz CT molecular complexity index is 1070. The van der Waals surface area contributed by atoms with Crippen LogP contribution in [0.15, 0.2) is 57.8 Å². The van der Waals surface area contributed by atoms with Gasteiger partial charge in [-0.05, 0) is 53.9 Å². The molecule has 0 N–H and O–H groups in total. The third-order valence-corrected chi connectivity index (χ3v) is 6.35. The van der Waals surface area contributed by atoms with Gasteiger partial charge in [-0.25, -0.2) is 0 Å². The molecule has 1 amide bonds. The van der Waals surface area contributed by atoms with Gasteiger partial charge in [0.25, 0.3) is 5.91 Å². The third-order valence-electron chi connectivity index (χ3n) is 5.33. The van der Waals surface area contributed by atoms with E-state index in [2.05, 4.69) is 26.0 Å². The lowest BCUT2D eigenvalue weighted by atomic mass is 9.98. The second-order valence-corrected chi connectivity index (χ2v) is 9.46. The number of fused-ring (bicyclic) bond motifs is 1. The smallest absolute Gasteiger partial charge is 0.289 e. The molecule has 0 atom stereocenters. The van der Waals surface area contributed by atoms with Crippen molar-refractivity contribution >= 4 is 17.7 Å². The minimum atomic E-state index is -0.0985. The van der Waals surface area contributed by atoms with Crippen molar-refractivity contribution < 1.29 is 18.7 Å². The fourth-order valence-electron chi connectivity index (χ4n) is 3.79. The van der Waals surface area contributed by atoms with Gasteiger partial charge in [0.1, 0.15) is 5.76 Å². The van der Waals surface area contributed by atoms with Gasteiger partial charge in [0, 0.05) is 28.8 Å². The van der Waals surface area contributed by atoms with E-state index in [0.717, 1.165) is 23.3 Å². The second kappa shape index (κ2) is 9.10. The molecule has 162 valence electrons. The van der Waals surface area contributed by atoms with Crippen LogP contribution in [0.1, 0.15) is 35.5 Å². The molecule has 6 heteroatoms. The summed E-state index contributed by atoms with van der Waals surface area (Å²) in [4.78, 5) is 16.1. The lowest BCUT2D eigenvalue weighted by molar-refractivity contribution is 0.0703. The summed E-state index contributed by atoms with van der Waals surface area (Å²) in [5.74, 6) is 2.36. The first-order valence-corrected chi connectivity index (χ1v) is 11.3. The topological polar surface area (TPSA) is 51.9 Å². The molecular weight excluding hydrogens is 410 g/mol. The van der Waals surface area contributed by atoms with E-state index in [9.17, 15) is 4.79 Å². The number of ether oxygens (including phenoxy) is 2. The van der Waals surface area contributed by atoms with Crippen LogP contribution >= 0.6 is 11.8 Å². The van der Waals surface area contributed by atoms with Crippen LogP contribution in [0.25, 0.3) is 11.3 Å². The van der Waals surface area contributed by atoms with Crippen LogP contribution in [-0.2, 0) is 13.0 Å². The van der Waals surface area contributed by atoms with Gasteiger partial charge in [-0.3, -0.25) is 4.79 Å². The molecule has 2 heterocycles. The van der Waals surface area contributed by atoms with E-state index in [1.54, 1.807) is 20.3 Å². The van der Waals surface area contributed by atoms with Crippen molar-refractivity contribution in [3.8, 4) is 22.8 Å². The minimum Gasteiger partial charge on any atom is -0.493 e. The molecular formula is C25H27NO4S. The summed E-state index contributed by atoms with van der Waals surface area (Å²) in [5.41, 5.74) is 3.22. The van der Waals surface area contributed by atoms with E-state index in [1.165, 1.54) is 10.5 Å². The van der Waals surface area contributed by atoms with Crippen LogP contribution < -0.4 is 9.47 Å². The Morgan fingerprint density at radius 3 is 2.32 bits per heavy atom. The summed E-state index contributed by atoms with van der Waals surface area (Å²) < 4.78 is 16.7.